The van der Waals surface area contributed by atoms with Gasteiger partial charge in [0.2, 0.25) is 0 Å². The molecule has 1 N–H and O–H groups in total. The van der Waals surface area contributed by atoms with Gasteiger partial charge in [0.1, 0.15) is 5.75 Å². The molecule has 0 radical (unpaired) electrons. The first-order chi connectivity index (χ1) is 8.63. The lowest BCUT2D eigenvalue weighted by atomic mass is 10.1. The van der Waals surface area contributed by atoms with Crippen LogP contribution in [0.25, 0.3) is 0 Å². The Kier molecular flexibility index (Phi) is 6.65. The minimum absolute atomic E-state index is 0.142. The topological polar surface area (TPSA) is 21.3 Å². The van der Waals surface area contributed by atoms with Gasteiger partial charge >= 0.3 is 6.61 Å². The molecule has 1 aromatic carbocycles. The molecule has 0 heterocycles. The molecule has 0 bridgehead atoms. The lowest BCUT2D eigenvalue weighted by Gasteiger charge is -2.15. The number of benzene rings is 1. The Morgan fingerprint density at radius 2 is 2.06 bits per heavy atom. The molecule has 0 spiro atoms. The van der Waals surface area contributed by atoms with Crippen molar-refractivity contribution >= 4 is 0 Å². The molecule has 0 amide bonds. The predicted molar refractivity (Wildman–Crippen MR) is 69.0 cm³/mol. The molecule has 1 rings (SSSR count). The Bertz CT molecular complexity index is 344. The monoisotopic (exact) mass is 257 g/mol. The summed E-state index contributed by atoms with van der Waals surface area (Å²) in [6.07, 6.45) is 3.52. The summed E-state index contributed by atoms with van der Waals surface area (Å²) in [5, 5.41) is 3.37. The summed E-state index contributed by atoms with van der Waals surface area (Å²) in [6, 6.07) is 6.99. The van der Waals surface area contributed by atoms with Gasteiger partial charge in [-0.1, -0.05) is 31.9 Å². The van der Waals surface area contributed by atoms with Crippen molar-refractivity contribution in [2.24, 2.45) is 0 Å². The lowest BCUT2D eigenvalue weighted by Crippen LogP contribution is -2.19. The standard InChI is InChI=1S/C14H21F2NO/c1-3-4-5-9-17-11(2)12-7-6-8-13(10-12)18-14(15)16/h6-8,10-11,14,17H,3-5,9H2,1-2H3. The van der Waals surface area contributed by atoms with Crippen LogP contribution >= 0.6 is 0 Å². The van der Waals surface area contributed by atoms with Crippen LogP contribution in [0.4, 0.5) is 8.78 Å². The first-order valence-corrected chi connectivity index (χ1v) is 6.41. The van der Waals surface area contributed by atoms with Crippen molar-refractivity contribution in [2.75, 3.05) is 6.54 Å². The summed E-state index contributed by atoms with van der Waals surface area (Å²) >= 11 is 0. The number of unbranched alkanes of at least 4 members (excludes halogenated alkanes) is 2. The van der Waals surface area contributed by atoms with Crippen LogP contribution in [-0.4, -0.2) is 13.2 Å². The van der Waals surface area contributed by atoms with Crippen molar-refractivity contribution in [1.82, 2.24) is 5.32 Å². The van der Waals surface area contributed by atoms with Crippen LogP contribution in [0.2, 0.25) is 0 Å². The van der Waals surface area contributed by atoms with Gasteiger partial charge in [0.15, 0.2) is 0 Å². The number of alkyl halides is 2. The zero-order chi connectivity index (χ0) is 13.4. The fourth-order valence-corrected chi connectivity index (χ4v) is 1.77. The maximum absolute atomic E-state index is 12.1. The molecule has 1 aromatic rings. The first-order valence-electron chi connectivity index (χ1n) is 6.41. The van der Waals surface area contributed by atoms with E-state index in [0.29, 0.717) is 0 Å². The maximum atomic E-state index is 12.1. The normalized spacial score (nSPS) is 12.7. The highest BCUT2D eigenvalue weighted by atomic mass is 19.3. The Labute approximate surface area is 107 Å². The minimum atomic E-state index is -2.77. The van der Waals surface area contributed by atoms with Gasteiger partial charge in [0.05, 0.1) is 0 Å². The van der Waals surface area contributed by atoms with Crippen LogP contribution in [0.15, 0.2) is 24.3 Å². The van der Waals surface area contributed by atoms with Gasteiger partial charge in [0.25, 0.3) is 0 Å². The highest BCUT2D eigenvalue weighted by molar-refractivity contribution is 5.30. The van der Waals surface area contributed by atoms with E-state index in [-0.39, 0.29) is 11.8 Å². The third kappa shape index (κ3) is 5.45. The van der Waals surface area contributed by atoms with Gasteiger partial charge in [0, 0.05) is 6.04 Å². The van der Waals surface area contributed by atoms with E-state index in [1.54, 1.807) is 18.2 Å². The average molecular weight is 257 g/mol. The van der Waals surface area contributed by atoms with Crippen LogP contribution in [0.1, 0.15) is 44.7 Å². The number of ether oxygens (including phenoxy) is 1. The molecular weight excluding hydrogens is 236 g/mol. The van der Waals surface area contributed by atoms with Crippen LogP contribution in [-0.2, 0) is 0 Å². The largest absolute Gasteiger partial charge is 0.435 e. The van der Waals surface area contributed by atoms with E-state index in [2.05, 4.69) is 17.0 Å². The van der Waals surface area contributed by atoms with E-state index in [0.717, 1.165) is 18.5 Å². The molecule has 2 nitrogen and oxygen atoms in total. The van der Waals surface area contributed by atoms with Crippen molar-refractivity contribution in [3.8, 4) is 5.75 Å². The van der Waals surface area contributed by atoms with Gasteiger partial charge in [-0.05, 0) is 37.6 Å². The van der Waals surface area contributed by atoms with Crippen molar-refractivity contribution in [1.29, 1.82) is 0 Å². The van der Waals surface area contributed by atoms with Gasteiger partial charge in [-0.25, -0.2) is 0 Å². The third-order valence-corrected chi connectivity index (χ3v) is 2.81. The molecule has 0 fully saturated rings. The number of hydrogen-bond acceptors (Lipinski definition) is 2. The highest BCUT2D eigenvalue weighted by Gasteiger charge is 2.08. The molecule has 4 heteroatoms. The Morgan fingerprint density at radius 1 is 1.28 bits per heavy atom. The van der Waals surface area contributed by atoms with E-state index in [1.165, 1.54) is 12.8 Å². The second kappa shape index (κ2) is 8.03. The molecule has 102 valence electrons. The van der Waals surface area contributed by atoms with E-state index in [9.17, 15) is 8.78 Å². The first kappa shape index (κ1) is 14.9. The third-order valence-electron chi connectivity index (χ3n) is 2.81. The Hall–Kier alpha value is -1.16. The second-order valence-electron chi connectivity index (χ2n) is 4.33. The molecule has 18 heavy (non-hydrogen) atoms. The van der Waals surface area contributed by atoms with Crippen molar-refractivity contribution in [3.63, 3.8) is 0 Å². The molecule has 0 aliphatic rings. The fourth-order valence-electron chi connectivity index (χ4n) is 1.77. The van der Waals surface area contributed by atoms with E-state index in [4.69, 9.17) is 0 Å². The molecule has 0 saturated heterocycles. The number of halogens is 2. The molecular formula is C14H21F2NO. The number of nitrogens with one attached hydrogen (secondary N) is 1. The van der Waals surface area contributed by atoms with E-state index < -0.39 is 6.61 Å². The van der Waals surface area contributed by atoms with Crippen LogP contribution in [0, 0.1) is 0 Å². The molecule has 1 atom stereocenters. The summed E-state index contributed by atoms with van der Waals surface area (Å²) in [5.74, 6) is 0.213. The molecule has 1 unspecified atom stereocenters. The molecule has 0 saturated carbocycles. The summed E-state index contributed by atoms with van der Waals surface area (Å²) in [5.41, 5.74) is 0.963. The van der Waals surface area contributed by atoms with Gasteiger partial charge in [-0.15, -0.1) is 0 Å². The summed E-state index contributed by atoms with van der Waals surface area (Å²) in [6.45, 7) is 2.35. The SMILES string of the molecule is CCCCCNC(C)c1cccc(OC(F)F)c1. The van der Waals surface area contributed by atoms with Crippen molar-refractivity contribution in [3.05, 3.63) is 29.8 Å². The molecule has 0 aliphatic heterocycles. The van der Waals surface area contributed by atoms with Gasteiger partial charge < -0.3 is 10.1 Å². The van der Waals surface area contributed by atoms with E-state index >= 15 is 0 Å². The van der Waals surface area contributed by atoms with Crippen molar-refractivity contribution < 1.29 is 13.5 Å². The number of hydrogen-bond donors (Lipinski definition) is 1. The van der Waals surface area contributed by atoms with Gasteiger partial charge in [-0.2, -0.15) is 8.78 Å². The van der Waals surface area contributed by atoms with E-state index in [1.807, 2.05) is 13.0 Å². The quantitative estimate of drug-likeness (QED) is 0.707. The Balaban J connectivity index is 2.48. The lowest BCUT2D eigenvalue weighted by molar-refractivity contribution is -0.0499. The van der Waals surface area contributed by atoms with Crippen LogP contribution in [0.3, 0.4) is 0 Å². The Morgan fingerprint density at radius 3 is 2.72 bits per heavy atom. The summed E-state index contributed by atoms with van der Waals surface area (Å²) in [7, 11) is 0. The zero-order valence-electron chi connectivity index (χ0n) is 11.0. The van der Waals surface area contributed by atoms with Gasteiger partial charge in [-0.3, -0.25) is 0 Å². The summed E-state index contributed by atoms with van der Waals surface area (Å²) in [4.78, 5) is 0. The minimum Gasteiger partial charge on any atom is -0.435 e. The van der Waals surface area contributed by atoms with Crippen molar-refractivity contribution in [2.45, 2.75) is 45.8 Å². The smallest absolute Gasteiger partial charge is 0.387 e. The highest BCUT2D eigenvalue weighted by Crippen LogP contribution is 2.20. The fraction of sp³-hybridized carbons (Fsp3) is 0.571. The molecule has 0 aliphatic carbocycles. The summed E-state index contributed by atoms with van der Waals surface area (Å²) < 4.78 is 28.6. The number of rotatable bonds is 8. The zero-order valence-corrected chi connectivity index (χ0v) is 11.0. The van der Waals surface area contributed by atoms with Crippen LogP contribution < -0.4 is 10.1 Å². The average Bonchev–Trinajstić information content (AvgIpc) is 2.34. The van der Waals surface area contributed by atoms with Crippen LogP contribution in [0.5, 0.6) is 5.75 Å². The predicted octanol–water partition coefficient (Wildman–Crippen LogP) is 4.13. The molecule has 0 aromatic heterocycles. The maximum Gasteiger partial charge on any atom is 0.387 e. The second-order valence-corrected chi connectivity index (χ2v) is 4.33.